The van der Waals surface area contributed by atoms with Crippen LogP contribution >= 0.6 is 0 Å². The molecule has 19 heavy (non-hydrogen) atoms. The lowest BCUT2D eigenvalue weighted by molar-refractivity contribution is 0.253. The number of piperidine rings is 1. The summed E-state index contributed by atoms with van der Waals surface area (Å²) in [6, 6.07) is 1.66. The van der Waals surface area contributed by atoms with Gasteiger partial charge in [-0.1, -0.05) is 6.92 Å². The van der Waals surface area contributed by atoms with Crippen LogP contribution in [0.4, 0.5) is 5.95 Å². The van der Waals surface area contributed by atoms with Gasteiger partial charge in [0.05, 0.1) is 20.3 Å². The van der Waals surface area contributed by atoms with E-state index in [1.54, 1.807) is 20.3 Å². The molecule has 0 aromatic carbocycles. The zero-order valence-corrected chi connectivity index (χ0v) is 11.8. The second-order valence-corrected chi connectivity index (χ2v) is 5.22. The molecule has 0 saturated carbocycles. The van der Waals surface area contributed by atoms with Crippen molar-refractivity contribution in [2.45, 2.75) is 19.8 Å². The van der Waals surface area contributed by atoms with Gasteiger partial charge in [0.1, 0.15) is 0 Å². The molecule has 6 nitrogen and oxygen atoms in total. The highest BCUT2D eigenvalue weighted by Gasteiger charge is 2.26. The molecule has 1 fully saturated rings. The fraction of sp³-hybridized carbons (Fsp3) is 0.692. The van der Waals surface area contributed by atoms with E-state index in [0.717, 1.165) is 19.6 Å². The number of nitrogens with one attached hydrogen (secondary N) is 2. The molecule has 2 N–H and O–H groups in total. The molecule has 1 unspecified atom stereocenters. The molecular formula is C13H22N4O2. The van der Waals surface area contributed by atoms with Crippen LogP contribution in [0.2, 0.25) is 0 Å². The third-order valence-electron chi connectivity index (χ3n) is 3.46. The first-order valence-corrected chi connectivity index (χ1v) is 6.57. The van der Waals surface area contributed by atoms with Crippen molar-refractivity contribution in [3.05, 3.63) is 6.07 Å². The van der Waals surface area contributed by atoms with Gasteiger partial charge in [0, 0.05) is 13.1 Å². The van der Waals surface area contributed by atoms with Gasteiger partial charge >= 0.3 is 0 Å². The first kappa shape index (κ1) is 13.9. The van der Waals surface area contributed by atoms with E-state index in [-0.39, 0.29) is 5.41 Å². The van der Waals surface area contributed by atoms with Gasteiger partial charge in [-0.2, -0.15) is 9.97 Å². The third-order valence-corrected chi connectivity index (χ3v) is 3.46. The van der Waals surface area contributed by atoms with Crippen LogP contribution in [0.3, 0.4) is 0 Å². The molecule has 0 spiro atoms. The molecule has 0 bridgehead atoms. The van der Waals surface area contributed by atoms with Crippen molar-refractivity contribution in [1.29, 1.82) is 0 Å². The topological polar surface area (TPSA) is 68.3 Å². The highest BCUT2D eigenvalue weighted by Crippen LogP contribution is 2.26. The fourth-order valence-corrected chi connectivity index (χ4v) is 2.25. The van der Waals surface area contributed by atoms with Crippen LogP contribution in [-0.2, 0) is 0 Å². The van der Waals surface area contributed by atoms with Crippen LogP contribution in [-0.4, -0.2) is 43.8 Å². The number of anilines is 1. The number of rotatable bonds is 5. The number of hydrogen-bond donors (Lipinski definition) is 2. The van der Waals surface area contributed by atoms with Gasteiger partial charge in [-0.15, -0.1) is 0 Å². The molecule has 0 amide bonds. The lowest BCUT2D eigenvalue weighted by atomic mass is 9.83. The summed E-state index contributed by atoms with van der Waals surface area (Å²) >= 11 is 0. The summed E-state index contributed by atoms with van der Waals surface area (Å²) in [7, 11) is 3.16. The van der Waals surface area contributed by atoms with E-state index in [4.69, 9.17) is 9.47 Å². The predicted octanol–water partition coefficient (Wildman–Crippen LogP) is 1.30. The molecular weight excluding hydrogens is 244 g/mol. The molecule has 1 saturated heterocycles. The Balaban J connectivity index is 2.02. The highest BCUT2D eigenvalue weighted by molar-refractivity contribution is 5.33. The summed E-state index contributed by atoms with van der Waals surface area (Å²) in [6.07, 6.45) is 2.41. The van der Waals surface area contributed by atoms with Crippen LogP contribution in [0.25, 0.3) is 0 Å². The van der Waals surface area contributed by atoms with Crippen LogP contribution in [0.5, 0.6) is 11.8 Å². The number of nitrogens with zero attached hydrogens (tertiary/aromatic N) is 2. The minimum absolute atomic E-state index is 0.234. The van der Waals surface area contributed by atoms with E-state index >= 15 is 0 Å². The number of methoxy groups -OCH3 is 2. The lowest BCUT2D eigenvalue weighted by Crippen LogP contribution is -2.42. The number of hydrogen-bond acceptors (Lipinski definition) is 6. The summed E-state index contributed by atoms with van der Waals surface area (Å²) < 4.78 is 10.3. The molecule has 0 radical (unpaired) electrons. The molecule has 1 aliphatic rings. The molecule has 2 heterocycles. The molecule has 1 aromatic heterocycles. The first-order chi connectivity index (χ1) is 9.15. The second kappa shape index (κ2) is 6.06. The van der Waals surface area contributed by atoms with Crippen LogP contribution < -0.4 is 20.1 Å². The Morgan fingerprint density at radius 1 is 1.32 bits per heavy atom. The number of aromatic nitrogens is 2. The van der Waals surface area contributed by atoms with Gasteiger partial charge < -0.3 is 20.1 Å². The van der Waals surface area contributed by atoms with Crippen LogP contribution in [0, 0.1) is 5.41 Å². The largest absolute Gasteiger partial charge is 0.481 e. The molecule has 1 aliphatic heterocycles. The summed E-state index contributed by atoms with van der Waals surface area (Å²) in [5, 5.41) is 6.71. The van der Waals surface area contributed by atoms with Gasteiger partial charge in [-0.25, -0.2) is 0 Å². The Kier molecular flexibility index (Phi) is 4.42. The summed E-state index contributed by atoms with van der Waals surface area (Å²) in [4.78, 5) is 8.54. The zero-order valence-electron chi connectivity index (χ0n) is 11.8. The Morgan fingerprint density at radius 2 is 2.00 bits per heavy atom. The highest BCUT2D eigenvalue weighted by atomic mass is 16.5. The predicted molar refractivity (Wildman–Crippen MR) is 73.8 cm³/mol. The molecule has 2 rings (SSSR count). The van der Waals surface area contributed by atoms with Crippen molar-refractivity contribution in [2.75, 3.05) is 39.2 Å². The van der Waals surface area contributed by atoms with Gasteiger partial charge in [0.25, 0.3) is 0 Å². The van der Waals surface area contributed by atoms with Crippen molar-refractivity contribution in [2.24, 2.45) is 5.41 Å². The Labute approximate surface area is 113 Å². The third kappa shape index (κ3) is 3.70. The summed E-state index contributed by atoms with van der Waals surface area (Å²) in [6.45, 7) is 5.22. The van der Waals surface area contributed by atoms with Gasteiger partial charge in [0.2, 0.25) is 17.7 Å². The van der Waals surface area contributed by atoms with Crippen molar-refractivity contribution < 1.29 is 9.47 Å². The van der Waals surface area contributed by atoms with E-state index in [1.165, 1.54) is 12.8 Å². The lowest BCUT2D eigenvalue weighted by Gasteiger charge is -2.34. The van der Waals surface area contributed by atoms with Gasteiger partial charge in [0.15, 0.2) is 0 Å². The van der Waals surface area contributed by atoms with E-state index in [9.17, 15) is 0 Å². The molecule has 1 aromatic rings. The van der Waals surface area contributed by atoms with E-state index in [1.807, 2.05) is 0 Å². The summed E-state index contributed by atoms with van der Waals surface area (Å²) in [5.41, 5.74) is 0.234. The minimum Gasteiger partial charge on any atom is -0.481 e. The van der Waals surface area contributed by atoms with Crippen molar-refractivity contribution >= 4 is 5.95 Å². The average molecular weight is 266 g/mol. The van der Waals surface area contributed by atoms with E-state index in [2.05, 4.69) is 27.5 Å². The van der Waals surface area contributed by atoms with Gasteiger partial charge in [-0.3, -0.25) is 0 Å². The average Bonchev–Trinajstić information content (AvgIpc) is 2.45. The minimum atomic E-state index is 0.234. The first-order valence-electron chi connectivity index (χ1n) is 6.57. The normalized spacial score (nSPS) is 22.9. The van der Waals surface area contributed by atoms with Crippen LogP contribution in [0.15, 0.2) is 6.07 Å². The maximum Gasteiger partial charge on any atom is 0.229 e. The molecule has 0 aliphatic carbocycles. The number of ether oxygens (including phenoxy) is 2. The quantitative estimate of drug-likeness (QED) is 0.837. The molecule has 6 heteroatoms. The Hall–Kier alpha value is -1.56. The standard InChI is InChI=1S/C13H22N4O2/c1-13(5-4-6-14-8-13)9-15-12-16-10(18-2)7-11(17-12)19-3/h7,14H,4-6,8-9H2,1-3H3,(H,15,16,17). The SMILES string of the molecule is COc1cc(OC)nc(NCC2(C)CCCNC2)n1. The second-order valence-electron chi connectivity index (χ2n) is 5.22. The van der Waals surface area contributed by atoms with Crippen molar-refractivity contribution in [3.8, 4) is 11.8 Å². The van der Waals surface area contributed by atoms with Gasteiger partial charge in [-0.05, 0) is 24.8 Å². The van der Waals surface area contributed by atoms with Crippen LogP contribution in [0.1, 0.15) is 19.8 Å². The smallest absolute Gasteiger partial charge is 0.229 e. The molecule has 1 atom stereocenters. The van der Waals surface area contributed by atoms with Crippen molar-refractivity contribution in [3.63, 3.8) is 0 Å². The van der Waals surface area contributed by atoms with E-state index < -0.39 is 0 Å². The zero-order chi connectivity index (χ0) is 13.7. The maximum atomic E-state index is 5.13. The molecule has 106 valence electrons. The maximum absolute atomic E-state index is 5.13. The van der Waals surface area contributed by atoms with E-state index in [0.29, 0.717) is 17.7 Å². The summed E-state index contributed by atoms with van der Waals surface area (Å²) in [5.74, 6) is 1.55. The van der Waals surface area contributed by atoms with Crippen molar-refractivity contribution in [1.82, 2.24) is 15.3 Å². The Morgan fingerprint density at radius 3 is 2.53 bits per heavy atom. The Bertz CT molecular complexity index is 397. The monoisotopic (exact) mass is 266 g/mol. The fourth-order valence-electron chi connectivity index (χ4n) is 2.25.